The lowest BCUT2D eigenvalue weighted by Gasteiger charge is -2.45. The monoisotopic (exact) mass is 362 g/mol. The van der Waals surface area contributed by atoms with E-state index < -0.39 is 5.97 Å². The van der Waals surface area contributed by atoms with Gasteiger partial charge in [-0.2, -0.15) is 0 Å². The van der Waals surface area contributed by atoms with Crippen LogP contribution in [0.5, 0.6) is 0 Å². The highest BCUT2D eigenvalue weighted by molar-refractivity contribution is 5.66. The molecule has 0 aliphatic heterocycles. The van der Waals surface area contributed by atoms with Crippen molar-refractivity contribution < 1.29 is 15.0 Å². The van der Waals surface area contributed by atoms with Gasteiger partial charge in [0.25, 0.3) is 0 Å². The number of fused-ring (bicyclic) bond motifs is 1. The Kier molecular flexibility index (Phi) is 7.94. The molecular formula is C23H38O3. The average molecular weight is 363 g/mol. The van der Waals surface area contributed by atoms with Gasteiger partial charge in [-0.25, -0.2) is 0 Å². The summed E-state index contributed by atoms with van der Waals surface area (Å²) in [5, 5.41) is 18.9. The number of carboxylic acids is 1. The van der Waals surface area contributed by atoms with Crippen LogP contribution in [0.3, 0.4) is 0 Å². The fourth-order valence-electron chi connectivity index (χ4n) is 5.24. The van der Waals surface area contributed by atoms with E-state index in [9.17, 15) is 9.90 Å². The first-order chi connectivity index (χ1) is 12.4. The minimum atomic E-state index is -0.709. The molecule has 5 atom stereocenters. The van der Waals surface area contributed by atoms with Crippen LogP contribution in [0.1, 0.15) is 78.6 Å². The second-order valence-electron chi connectivity index (χ2n) is 8.95. The van der Waals surface area contributed by atoms with Gasteiger partial charge in [-0.1, -0.05) is 64.3 Å². The Morgan fingerprint density at radius 1 is 1.19 bits per heavy atom. The Bertz CT molecular complexity index is 506. The van der Waals surface area contributed by atoms with E-state index in [1.54, 1.807) is 0 Å². The molecule has 3 aliphatic carbocycles. The van der Waals surface area contributed by atoms with E-state index in [2.05, 4.69) is 45.1 Å². The predicted octanol–water partition coefficient (Wildman–Crippen LogP) is 5.59. The van der Waals surface area contributed by atoms with E-state index in [-0.39, 0.29) is 12.5 Å². The molecule has 0 aromatic carbocycles. The van der Waals surface area contributed by atoms with Gasteiger partial charge in [-0.3, -0.25) is 4.79 Å². The number of carboxylic acid groups (broad SMARTS) is 1. The van der Waals surface area contributed by atoms with Gasteiger partial charge in [0, 0.05) is 6.42 Å². The molecule has 3 rings (SSSR count). The Morgan fingerprint density at radius 3 is 2.62 bits per heavy atom. The number of allylic oxidation sites excluding steroid dienone is 3. The largest absolute Gasteiger partial charge is 0.481 e. The zero-order valence-corrected chi connectivity index (χ0v) is 16.9. The molecule has 148 valence electrons. The molecule has 3 heteroatoms. The van der Waals surface area contributed by atoms with Crippen LogP contribution >= 0.6 is 0 Å². The second-order valence-corrected chi connectivity index (χ2v) is 8.95. The summed E-state index contributed by atoms with van der Waals surface area (Å²) in [7, 11) is 0. The summed E-state index contributed by atoms with van der Waals surface area (Å²) >= 11 is 0. The zero-order valence-electron chi connectivity index (χ0n) is 16.9. The highest BCUT2D eigenvalue weighted by Crippen LogP contribution is 2.68. The van der Waals surface area contributed by atoms with E-state index >= 15 is 0 Å². The van der Waals surface area contributed by atoms with Crippen molar-refractivity contribution in [1.29, 1.82) is 0 Å². The minimum Gasteiger partial charge on any atom is -0.481 e. The fraction of sp³-hybridized carbons (Fsp3) is 0.783. The van der Waals surface area contributed by atoms with Crippen LogP contribution in [-0.4, -0.2) is 22.3 Å². The first kappa shape index (κ1) is 21.2. The summed E-state index contributed by atoms with van der Waals surface area (Å²) in [6.07, 6.45) is 17.1. The number of aliphatic hydroxyl groups excluding tert-OH is 1. The molecule has 3 fully saturated rings. The maximum absolute atomic E-state index is 10.6. The quantitative estimate of drug-likeness (QED) is 0.351. The van der Waals surface area contributed by atoms with Gasteiger partial charge in [-0.05, 0) is 61.2 Å². The molecule has 26 heavy (non-hydrogen) atoms. The fourth-order valence-corrected chi connectivity index (χ4v) is 5.24. The minimum absolute atomic E-state index is 0.257. The summed E-state index contributed by atoms with van der Waals surface area (Å²) in [6, 6.07) is 0. The number of aliphatic carboxylic acids is 1. The van der Waals surface area contributed by atoms with Crippen molar-refractivity contribution in [3.63, 3.8) is 0 Å². The van der Waals surface area contributed by atoms with Gasteiger partial charge in [0.15, 0.2) is 0 Å². The molecule has 0 aromatic rings. The van der Waals surface area contributed by atoms with Crippen molar-refractivity contribution >= 4 is 5.97 Å². The predicted molar refractivity (Wildman–Crippen MR) is 107 cm³/mol. The van der Waals surface area contributed by atoms with Crippen molar-refractivity contribution in [2.45, 2.75) is 84.7 Å². The standard InChI is InChI=1S/C23H38O3/c1-4-5-8-11-17(24)14-15-19-18(20-16-21(19)23(20,2)3)12-9-6-7-10-13-22(25)26/h6,9,14-15,17-21,24H,4-5,7-8,10-13,16H2,1-3H3,(H,25,26)/b9-6-,15-14+/t17-,18+,19+,20?,21?/m0/s1. The maximum Gasteiger partial charge on any atom is 0.303 e. The van der Waals surface area contributed by atoms with Crippen molar-refractivity contribution in [3.8, 4) is 0 Å². The van der Waals surface area contributed by atoms with E-state index in [1.807, 2.05) is 0 Å². The third kappa shape index (κ3) is 5.22. The SMILES string of the molecule is CCCCC[C@H](O)/C=C/[C@H]1C2CC([C@@H]1C/C=C\CCCC(=O)O)C2(C)C. The molecule has 2 bridgehead atoms. The molecule has 0 radical (unpaired) electrons. The lowest BCUT2D eigenvalue weighted by Crippen LogP contribution is -2.38. The van der Waals surface area contributed by atoms with E-state index in [1.165, 1.54) is 19.3 Å². The van der Waals surface area contributed by atoms with Crippen molar-refractivity contribution in [2.75, 3.05) is 0 Å². The van der Waals surface area contributed by atoms with Crippen molar-refractivity contribution in [2.24, 2.45) is 29.1 Å². The molecule has 0 heterocycles. The topological polar surface area (TPSA) is 57.5 Å². The molecule has 0 amide bonds. The summed E-state index contributed by atoms with van der Waals surface area (Å²) in [4.78, 5) is 10.6. The Hall–Kier alpha value is -1.09. The van der Waals surface area contributed by atoms with Crippen LogP contribution in [0.15, 0.2) is 24.3 Å². The Labute approximate surface area is 159 Å². The molecule has 3 saturated carbocycles. The molecule has 0 spiro atoms. The lowest BCUT2D eigenvalue weighted by atomic mass is 9.59. The zero-order chi connectivity index (χ0) is 19.2. The number of unbranched alkanes of at least 4 members (excludes halogenated alkanes) is 3. The summed E-state index contributed by atoms with van der Waals surface area (Å²) in [5.74, 6) is 2.07. The van der Waals surface area contributed by atoms with E-state index in [0.29, 0.717) is 17.3 Å². The molecular weight excluding hydrogens is 324 g/mol. The third-order valence-electron chi connectivity index (χ3n) is 6.89. The number of rotatable bonds is 12. The number of carbonyl (C=O) groups is 1. The summed E-state index contributed by atoms with van der Waals surface area (Å²) in [6.45, 7) is 7.00. The molecule has 2 unspecified atom stereocenters. The first-order valence-electron chi connectivity index (χ1n) is 10.6. The number of hydrogen-bond donors (Lipinski definition) is 2. The maximum atomic E-state index is 10.6. The highest BCUT2D eigenvalue weighted by atomic mass is 16.4. The molecule has 0 aromatic heterocycles. The van der Waals surface area contributed by atoms with Crippen LogP contribution in [0.2, 0.25) is 0 Å². The van der Waals surface area contributed by atoms with Gasteiger partial charge >= 0.3 is 5.97 Å². The number of hydrogen-bond acceptors (Lipinski definition) is 2. The lowest BCUT2D eigenvalue weighted by molar-refractivity contribution is -0.137. The summed E-state index contributed by atoms with van der Waals surface area (Å²) < 4.78 is 0. The van der Waals surface area contributed by atoms with Crippen molar-refractivity contribution in [3.05, 3.63) is 24.3 Å². The first-order valence-corrected chi connectivity index (χ1v) is 10.6. The van der Waals surface area contributed by atoms with Crippen LogP contribution in [-0.2, 0) is 4.79 Å². The second kappa shape index (κ2) is 9.73. The molecule has 2 N–H and O–H groups in total. The van der Waals surface area contributed by atoms with Gasteiger partial charge in [0.05, 0.1) is 6.10 Å². The van der Waals surface area contributed by atoms with Crippen LogP contribution in [0, 0.1) is 29.1 Å². The van der Waals surface area contributed by atoms with E-state index in [4.69, 9.17) is 5.11 Å². The van der Waals surface area contributed by atoms with Crippen molar-refractivity contribution in [1.82, 2.24) is 0 Å². The number of aliphatic hydroxyl groups is 1. The molecule has 0 saturated heterocycles. The van der Waals surface area contributed by atoms with Gasteiger partial charge in [0.1, 0.15) is 0 Å². The smallest absolute Gasteiger partial charge is 0.303 e. The van der Waals surface area contributed by atoms with Gasteiger partial charge < -0.3 is 10.2 Å². The van der Waals surface area contributed by atoms with Crippen LogP contribution < -0.4 is 0 Å². The normalized spacial score (nSPS) is 30.8. The third-order valence-corrected chi connectivity index (χ3v) is 6.89. The molecule has 3 nitrogen and oxygen atoms in total. The average Bonchev–Trinajstić information content (AvgIpc) is 3.06. The Morgan fingerprint density at radius 2 is 1.96 bits per heavy atom. The molecule has 3 aliphatic rings. The van der Waals surface area contributed by atoms with Crippen LogP contribution in [0.25, 0.3) is 0 Å². The highest BCUT2D eigenvalue weighted by Gasteiger charge is 2.62. The van der Waals surface area contributed by atoms with Crippen LogP contribution in [0.4, 0.5) is 0 Å². The summed E-state index contributed by atoms with van der Waals surface area (Å²) in [5.41, 5.74) is 0.421. The van der Waals surface area contributed by atoms with Gasteiger partial charge in [0.2, 0.25) is 0 Å². The van der Waals surface area contributed by atoms with E-state index in [0.717, 1.165) is 43.9 Å². The Balaban J connectivity index is 1.85. The van der Waals surface area contributed by atoms with Gasteiger partial charge in [-0.15, -0.1) is 0 Å².